The summed E-state index contributed by atoms with van der Waals surface area (Å²) in [6, 6.07) is 9.06. The van der Waals surface area contributed by atoms with Crippen LogP contribution in [-0.2, 0) is 16.1 Å². The van der Waals surface area contributed by atoms with Crippen LogP contribution < -0.4 is 0 Å². The summed E-state index contributed by atoms with van der Waals surface area (Å²) in [7, 11) is 0. The minimum atomic E-state index is -0.475. The standard InChI is InChI=1S/C25H26N2O4S/c28-23(14-31-24(29)19-3-4-21-22(9-19)32-15-26-21)27(13-20-2-1-5-30-20)25-10-16-6-17(11-25)8-18(7-16)12-25/h1-5,9,15-18H,6-8,10-14H2. The Morgan fingerprint density at radius 3 is 2.56 bits per heavy atom. The molecular weight excluding hydrogens is 424 g/mol. The van der Waals surface area contributed by atoms with Crippen molar-refractivity contribution < 1.29 is 18.7 Å². The number of carbonyl (C=O) groups excluding carboxylic acids is 2. The fraction of sp³-hybridized carbons (Fsp3) is 0.480. The van der Waals surface area contributed by atoms with E-state index in [9.17, 15) is 9.59 Å². The van der Waals surface area contributed by atoms with Crippen molar-refractivity contribution in [2.24, 2.45) is 17.8 Å². The van der Waals surface area contributed by atoms with Gasteiger partial charge in [0.25, 0.3) is 5.91 Å². The molecule has 4 aliphatic rings. The SMILES string of the molecule is O=C(OCC(=O)N(Cc1ccco1)C12CC3CC(CC(C3)C1)C2)c1ccc2ncsc2c1. The van der Waals surface area contributed by atoms with E-state index in [0.717, 1.165) is 35.2 Å². The number of benzene rings is 1. The molecule has 0 radical (unpaired) electrons. The van der Waals surface area contributed by atoms with E-state index in [2.05, 4.69) is 4.98 Å². The first-order valence-electron chi connectivity index (χ1n) is 11.4. The minimum Gasteiger partial charge on any atom is -0.467 e. The van der Waals surface area contributed by atoms with Crippen molar-refractivity contribution in [3.63, 3.8) is 0 Å². The number of ether oxygens (including phenoxy) is 1. The van der Waals surface area contributed by atoms with Gasteiger partial charge < -0.3 is 14.1 Å². The molecule has 0 atom stereocenters. The molecule has 32 heavy (non-hydrogen) atoms. The highest BCUT2D eigenvalue weighted by atomic mass is 32.1. The third-order valence-electron chi connectivity index (χ3n) is 7.67. The zero-order chi connectivity index (χ0) is 21.7. The van der Waals surface area contributed by atoms with Crippen LogP contribution in [-0.4, -0.2) is 33.9 Å². The summed E-state index contributed by atoms with van der Waals surface area (Å²) in [5.74, 6) is 2.30. The van der Waals surface area contributed by atoms with Crippen molar-refractivity contribution in [1.29, 1.82) is 0 Å². The Bertz CT molecular complexity index is 1120. The maximum Gasteiger partial charge on any atom is 0.338 e. The fourth-order valence-corrected chi connectivity index (χ4v) is 7.46. The fourth-order valence-electron chi connectivity index (χ4n) is 6.74. The van der Waals surface area contributed by atoms with Crippen LogP contribution in [0.25, 0.3) is 10.2 Å². The van der Waals surface area contributed by atoms with E-state index < -0.39 is 5.97 Å². The monoisotopic (exact) mass is 450 g/mol. The molecular formula is C25H26N2O4S. The highest BCUT2D eigenvalue weighted by molar-refractivity contribution is 7.16. The van der Waals surface area contributed by atoms with Crippen molar-refractivity contribution in [1.82, 2.24) is 9.88 Å². The molecule has 0 N–H and O–H groups in total. The molecule has 7 heteroatoms. The second-order valence-corrected chi connectivity index (χ2v) is 10.7. The van der Waals surface area contributed by atoms with Crippen molar-refractivity contribution in [2.45, 2.75) is 50.6 Å². The van der Waals surface area contributed by atoms with Gasteiger partial charge in [0.2, 0.25) is 0 Å². The number of furan rings is 1. The number of fused-ring (bicyclic) bond motifs is 1. The van der Waals surface area contributed by atoms with Gasteiger partial charge in [-0.05, 0) is 86.6 Å². The van der Waals surface area contributed by atoms with Crippen molar-refractivity contribution in [3.05, 3.63) is 53.4 Å². The van der Waals surface area contributed by atoms with E-state index in [1.165, 1.54) is 30.6 Å². The van der Waals surface area contributed by atoms with Gasteiger partial charge >= 0.3 is 5.97 Å². The van der Waals surface area contributed by atoms with E-state index in [4.69, 9.17) is 9.15 Å². The molecule has 2 heterocycles. The van der Waals surface area contributed by atoms with E-state index in [-0.39, 0.29) is 18.1 Å². The molecule has 7 rings (SSSR count). The number of aromatic nitrogens is 1. The number of carbonyl (C=O) groups is 2. The van der Waals surface area contributed by atoms with Gasteiger partial charge in [-0.3, -0.25) is 4.79 Å². The average molecular weight is 451 g/mol. The molecule has 4 fully saturated rings. The number of nitrogens with zero attached hydrogens (tertiary/aromatic N) is 2. The Morgan fingerprint density at radius 2 is 1.88 bits per heavy atom. The lowest BCUT2D eigenvalue weighted by atomic mass is 9.52. The predicted octanol–water partition coefficient (Wildman–Crippen LogP) is 5.04. The average Bonchev–Trinajstić information content (AvgIpc) is 3.45. The summed E-state index contributed by atoms with van der Waals surface area (Å²) in [5, 5.41) is 0. The van der Waals surface area contributed by atoms with Gasteiger partial charge in [-0.2, -0.15) is 0 Å². The molecule has 1 amide bonds. The number of hydrogen-bond acceptors (Lipinski definition) is 6. The molecule has 166 valence electrons. The molecule has 6 nitrogen and oxygen atoms in total. The van der Waals surface area contributed by atoms with Crippen LogP contribution in [0.15, 0.2) is 46.5 Å². The van der Waals surface area contributed by atoms with E-state index >= 15 is 0 Å². The molecule has 0 spiro atoms. The third-order valence-corrected chi connectivity index (χ3v) is 8.46. The summed E-state index contributed by atoms with van der Waals surface area (Å²) in [6.45, 7) is 0.185. The van der Waals surface area contributed by atoms with Gasteiger partial charge in [-0.25, -0.2) is 9.78 Å². The number of hydrogen-bond donors (Lipinski definition) is 0. The first-order chi connectivity index (χ1) is 15.6. The van der Waals surface area contributed by atoms with Crippen LogP contribution in [0.2, 0.25) is 0 Å². The van der Waals surface area contributed by atoms with Crippen LogP contribution in [0.5, 0.6) is 0 Å². The van der Waals surface area contributed by atoms with E-state index in [1.807, 2.05) is 23.1 Å². The first-order valence-corrected chi connectivity index (χ1v) is 12.3. The topological polar surface area (TPSA) is 72.6 Å². The molecule has 4 bridgehead atoms. The quantitative estimate of drug-likeness (QED) is 0.492. The number of esters is 1. The zero-order valence-corrected chi connectivity index (χ0v) is 18.7. The van der Waals surface area contributed by atoms with Gasteiger partial charge in [0.1, 0.15) is 5.76 Å². The normalized spacial score (nSPS) is 28.2. The van der Waals surface area contributed by atoms with Crippen molar-refractivity contribution >= 4 is 33.4 Å². The smallest absolute Gasteiger partial charge is 0.338 e. The van der Waals surface area contributed by atoms with Crippen LogP contribution in [0, 0.1) is 17.8 Å². The molecule has 4 aliphatic carbocycles. The number of amides is 1. The lowest BCUT2D eigenvalue weighted by molar-refractivity contribution is -0.156. The van der Waals surface area contributed by atoms with Gasteiger partial charge in [0.15, 0.2) is 6.61 Å². The second-order valence-electron chi connectivity index (χ2n) is 9.81. The predicted molar refractivity (Wildman–Crippen MR) is 120 cm³/mol. The van der Waals surface area contributed by atoms with E-state index in [0.29, 0.717) is 29.9 Å². The maximum absolute atomic E-state index is 13.5. The van der Waals surface area contributed by atoms with Gasteiger partial charge in [-0.1, -0.05) is 0 Å². The first kappa shape index (κ1) is 20.0. The summed E-state index contributed by atoms with van der Waals surface area (Å²) in [6.07, 6.45) is 8.73. The number of thiazole rings is 1. The van der Waals surface area contributed by atoms with Crippen molar-refractivity contribution in [2.75, 3.05) is 6.61 Å². The maximum atomic E-state index is 13.5. The Balaban J connectivity index is 1.21. The summed E-state index contributed by atoms with van der Waals surface area (Å²) in [4.78, 5) is 32.4. The van der Waals surface area contributed by atoms with E-state index in [1.54, 1.807) is 23.9 Å². The third kappa shape index (κ3) is 3.52. The molecule has 0 unspecified atom stereocenters. The molecule has 4 saturated carbocycles. The Kier molecular flexibility index (Phi) is 4.82. The van der Waals surface area contributed by atoms with Gasteiger partial charge in [-0.15, -0.1) is 11.3 Å². The summed E-state index contributed by atoms with van der Waals surface area (Å²) in [5.41, 5.74) is 2.92. The minimum absolute atomic E-state index is 0.129. The lowest BCUT2D eigenvalue weighted by Crippen LogP contribution is -2.61. The highest BCUT2D eigenvalue weighted by Crippen LogP contribution is 2.58. The lowest BCUT2D eigenvalue weighted by Gasteiger charge is -2.60. The summed E-state index contributed by atoms with van der Waals surface area (Å²) < 4.78 is 12.0. The Morgan fingerprint density at radius 1 is 1.12 bits per heavy atom. The Hall–Kier alpha value is -2.67. The van der Waals surface area contributed by atoms with Gasteiger partial charge in [0, 0.05) is 5.54 Å². The highest BCUT2D eigenvalue weighted by Gasteiger charge is 2.54. The largest absolute Gasteiger partial charge is 0.467 e. The van der Waals surface area contributed by atoms with Crippen LogP contribution >= 0.6 is 11.3 Å². The Labute approximate surface area is 190 Å². The van der Waals surface area contributed by atoms with Crippen LogP contribution in [0.3, 0.4) is 0 Å². The zero-order valence-electron chi connectivity index (χ0n) is 17.9. The molecule has 0 saturated heterocycles. The molecule has 1 aromatic carbocycles. The van der Waals surface area contributed by atoms with Crippen molar-refractivity contribution in [3.8, 4) is 0 Å². The molecule has 3 aromatic rings. The second kappa shape index (κ2) is 7.73. The van der Waals surface area contributed by atoms with Crippen LogP contribution in [0.4, 0.5) is 0 Å². The summed E-state index contributed by atoms with van der Waals surface area (Å²) >= 11 is 1.48. The molecule has 2 aromatic heterocycles. The van der Waals surface area contributed by atoms with Gasteiger partial charge in [0.05, 0.1) is 34.1 Å². The molecule has 0 aliphatic heterocycles. The number of rotatable bonds is 6. The van der Waals surface area contributed by atoms with Crippen LogP contribution in [0.1, 0.15) is 54.6 Å².